The molecule has 2 N–H and O–H groups in total. The quantitative estimate of drug-likeness (QED) is 0.664. The molecule has 0 unspecified atom stereocenters. The molecule has 1 fully saturated rings. The average molecular weight is 396 g/mol. The highest BCUT2D eigenvalue weighted by atomic mass is 19.1. The Hall–Kier alpha value is -3.42. The number of halogens is 1. The first-order chi connectivity index (χ1) is 14.0. The van der Waals surface area contributed by atoms with Gasteiger partial charge in [0.15, 0.2) is 0 Å². The van der Waals surface area contributed by atoms with Crippen molar-refractivity contribution in [3.8, 4) is 0 Å². The molecule has 4 rings (SSSR count). The lowest BCUT2D eigenvalue weighted by Gasteiger charge is -2.22. The number of nitrogens with one attached hydrogen (secondary N) is 2. The maximum absolute atomic E-state index is 14.5. The Labute approximate surface area is 165 Å². The molecule has 29 heavy (non-hydrogen) atoms. The molecule has 3 aromatic rings. The van der Waals surface area contributed by atoms with Crippen molar-refractivity contribution >= 4 is 28.3 Å². The summed E-state index contributed by atoms with van der Waals surface area (Å²) in [6, 6.07) is 9.39. The maximum atomic E-state index is 14.5. The molecule has 150 valence electrons. The summed E-state index contributed by atoms with van der Waals surface area (Å²) in [6.07, 6.45) is 2.06. The van der Waals surface area contributed by atoms with E-state index in [1.165, 1.54) is 16.7 Å². The van der Waals surface area contributed by atoms with E-state index in [1.54, 1.807) is 31.2 Å². The van der Waals surface area contributed by atoms with Crippen LogP contribution in [0.2, 0.25) is 0 Å². The number of aryl methyl sites for hydroxylation is 1. The van der Waals surface area contributed by atoms with E-state index in [4.69, 9.17) is 0 Å². The van der Waals surface area contributed by atoms with Crippen LogP contribution in [0.15, 0.2) is 46.0 Å². The number of carbonyl (C=O) groups excluding carboxylic acids is 1. The topological polar surface area (TPSA) is 87.2 Å². The predicted molar refractivity (Wildman–Crippen MR) is 110 cm³/mol. The van der Waals surface area contributed by atoms with Gasteiger partial charge in [0.1, 0.15) is 11.5 Å². The Morgan fingerprint density at radius 1 is 1.17 bits per heavy atom. The third-order valence-electron chi connectivity index (χ3n) is 5.23. The van der Waals surface area contributed by atoms with E-state index in [0.717, 1.165) is 25.9 Å². The third-order valence-corrected chi connectivity index (χ3v) is 5.23. The lowest BCUT2D eigenvalue weighted by atomic mass is 10.1. The second kappa shape index (κ2) is 7.54. The number of aromatic nitrogens is 2. The van der Waals surface area contributed by atoms with Gasteiger partial charge in [0.05, 0.1) is 16.7 Å². The summed E-state index contributed by atoms with van der Waals surface area (Å²) in [5.74, 6) is -0.996. The van der Waals surface area contributed by atoms with Gasteiger partial charge >= 0.3 is 11.1 Å². The number of H-pyrrole nitrogens is 1. The molecule has 8 heteroatoms. The van der Waals surface area contributed by atoms with Gasteiger partial charge in [-0.2, -0.15) is 0 Å². The van der Waals surface area contributed by atoms with Gasteiger partial charge in [-0.05, 0) is 50.1 Å². The second-order valence-corrected chi connectivity index (χ2v) is 7.02. The number of amides is 1. The molecular formula is C21H21FN4O3. The first kappa shape index (κ1) is 18.9. The van der Waals surface area contributed by atoms with E-state index in [2.05, 4.69) is 15.2 Å². The molecule has 1 aliphatic rings. The van der Waals surface area contributed by atoms with Gasteiger partial charge in [0, 0.05) is 25.2 Å². The summed E-state index contributed by atoms with van der Waals surface area (Å²) in [5, 5.41) is 2.68. The zero-order valence-corrected chi connectivity index (χ0v) is 16.0. The molecule has 0 saturated carbocycles. The highest BCUT2D eigenvalue weighted by Gasteiger charge is 2.20. The molecule has 2 heterocycles. The number of nitrogens with zero attached hydrogens (tertiary/aromatic N) is 2. The number of carbonyl (C=O) groups is 1. The van der Waals surface area contributed by atoms with Crippen LogP contribution in [0.5, 0.6) is 0 Å². The van der Waals surface area contributed by atoms with Gasteiger partial charge in [-0.25, -0.2) is 4.39 Å². The van der Waals surface area contributed by atoms with E-state index in [-0.39, 0.29) is 11.3 Å². The molecule has 1 saturated heterocycles. The standard InChI is InChI=1S/C21H21FN4O3/c1-2-26-16-9-8-13(12-15(16)23-20(28)21(26)29)19(27)24-18-14(22)6-5-7-17(18)25-10-3-4-11-25/h5-9,12H,2-4,10-11H2,1H3,(H,23,28)(H,24,27). The first-order valence-corrected chi connectivity index (χ1v) is 9.61. The Morgan fingerprint density at radius 2 is 1.93 bits per heavy atom. The smallest absolute Gasteiger partial charge is 0.316 e. The molecule has 0 spiro atoms. The van der Waals surface area contributed by atoms with Crippen LogP contribution in [0.3, 0.4) is 0 Å². The van der Waals surface area contributed by atoms with E-state index in [0.29, 0.717) is 23.3 Å². The van der Waals surface area contributed by atoms with Crippen LogP contribution in [0.1, 0.15) is 30.1 Å². The molecule has 0 aliphatic carbocycles. The van der Waals surface area contributed by atoms with Crippen LogP contribution in [0.4, 0.5) is 15.8 Å². The van der Waals surface area contributed by atoms with Gasteiger partial charge in [-0.15, -0.1) is 0 Å². The summed E-state index contributed by atoms with van der Waals surface area (Å²) in [4.78, 5) is 41.2. The number of hydrogen-bond acceptors (Lipinski definition) is 4. The van der Waals surface area contributed by atoms with Crippen molar-refractivity contribution in [3.05, 3.63) is 68.5 Å². The van der Waals surface area contributed by atoms with Gasteiger partial charge in [0.25, 0.3) is 5.91 Å². The van der Waals surface area contributed by atoms with Crippen LogP contribution < -0.4 is 21.3 Å². The van der Waals surface area contributed by atoms with E-state index in [9.17, 15) is 18.8 Å². The zero-order valence-electron chi connectivity index (χ0n) is 16.0. The molecule has 0 atom stereocenters. The Bertz CT molecular complexity index is 1210. The van der Waals surface area contributed by atoms with Crippen molar-refractivity contribution in [3.63, 3.8) is 0 Å². The number of benzene rings is 2. The summed E-state index contributed by atoms with van der Waals surface area (Å²) >= 11 is 0. The van der Waals surface area contributed by atoms with Crippen molar-refractivity contribution in [2.75, 3.05) is 23.3 Å². The van der Waals surface area contributed by atoms with Crippen LogP contribution in [0.25, 0.3) is 11.0 Å². The van der Waals surface area contributed by atoms with Crippen molar-refractivity contribution in [1.82, 2.24) is 9.55 Å². The summed E-state index contributed by atoms with van der Waals surface area (Å²) in [5.41, 5.74) is 0.567. The molecular weight excluding hydrogens is 375 g/mol. The number of hydrogen-bond donors (Lipinski definition) is 2. The summed E-state index contributed by atoms with van der Waals surface area (Å²) in [7, 11) is 0. The zero-order chi connectivity index (χ0) is 20.5. The molecule has 0 radical (unpaired) electrons. The molecule has 1 aliphatic heterocycles. The van der Waals surface area contributed by atoms with Crippen molar-refractivity contribution < 1.29 is 9.18 Å². The van der Waals surface area contributed by atoms with Gasteiger partial charge < -0.3 is 19.8 Å². The molecule has 0 bridgehead atoms. The predicted octanol–water partition coefficient (Wildman–Crippen LogP) is 2.70. The van der Waals surface area contributed by atoms with Gasteiger partial charge in [-0.3, -0.25) is 14.4 Å². The normalized spacial score (nSPS) is 13.8. The number of aromatic amines is 1. The van der Waals surface area contributed by atoms with Crippen LogP contribution in [0, 0.1) is 5.82 Å². The molecule has 1 aromatic heterocycles. The Kier molecular flexibility index (Phi) is 4.92. The number of anilines is 2. The fraction of sp³-hybridized carbons (Fsp3) is 0.286. The SMILES string of the molecule is CCn1c(=O)c(=O)[nH]c2cc(C(=O)Nc3c(F)cccc3N3CCCC3)ccc21. The van der Waals surface area contributed by atoms with Crippen molar-refractivity contribution in [2.45, 2.75) is 26.3 Å². The molecule has 7 nitrogen and oxygen atoms in total. The minimum Gasteiger partial charge on any atom is -0.370 e. The fourth-order valence-electron chi connectivity index (χ4n) is 3.78. The lowest BCUT2D eigenvalue weighted by molar-refractivity contribution is 0.102. The van der Waals surface area contributed by atoms with Gasteiger partial charge in [-0.1, -0.05) is 6.07 Å². The summed E-state index contributed by atoms with van der Waals surface area (Å²) < 4.78 is 15.8. The number of rotatable bonds is 4. The number of fused-ring (bicyclic) bond motifs is 1. The maximum Gasteiger partial charge on any atom is 0.316 e. The van der Waals surface area contributed by atoms with Crippen molar-refractivity contribution in [2.24, 2.45) is 0 Å². The minimum absolute atomic E-state index is 0.145. The van der Waals surface area contributed by atoms with Crippen LogP contribution >= 0.6 is 0 Å². The van der Waals surface area contributed by atoms with E-state index < -0.39 is 22.8 Å². The monoisotopic (exact) mass is 396 g/mol. The fourth-order valence-corrected chi connectivity index (χ4v) is 3.78. The minimum atomic E-state index is -0.748. The second-order valence-electron chi connectivity index (χ2n) is 7.02. The molecule has 2 aromatic carbocycles. The van der Waals surface area contributed by atoms with E-state index >= 15 is 0 Å². The van der Waals surface area contributed by atoms with Gasteiger partial charge in [0.2, 0.25) is 0 Å². The Morgan fingerprint density at radius 3 is 2.66 bits per heavy atom. The van der Waals surface area contributed by atoms with E-state index in [1.807, 2.05) is 0 Å². The van der Waals surface area contributed by atoms with Crippen LogP contribution in [-0.2, 0) is 6.54 Å². The first-order valence-electron chi connectivity index (χ1n) is 9.61. The Balaban J connectivity index is 1.71. The van der Waals surface area contributed by atoms with Crippen molar-refractivity contribution in [1.29, 1.82) is 0 Å². The largest absolute Gasteiger partial charge is 0.370 e. The third kappa shape index (κ3) is 3.41. The number of para-hydroxylation sites is 1. The summed E-state index contributed by atoms with van der Waals surface area (Å²) in [6.45, 7) is 3.73. The highest BCUT2D eigenvalue weighted by Crippen LogP contribution is 2.31. The highest BCUT2D eigenvalue weighted by molar-refractivity contribution is 6.07. The molecule has 1 amide bonds. The lowest BCUT2D eigenvalue weighted by Crippen LogP contribution is -2.36. The average Bonchev–Trinajstić information content (AvgIpc) is 3.24. The van der Waals surface area contributed by atoms with Crippen LogP contribution in [-0.4, -0.2) is 28.5 Å².